The van der Waals surface area contributed by atoms with Gasteiger partial charge in [-0.2, -0.15) is 0 Å². The Morgan fingerprint density at radius 2 is 1.00 bits per heavy atom. The molecule has 0 fully saturated rings. The van der Waals surface area contributed by atoms with Gasteiger partial charge in [0, 0.05) is 39.1 Å². The second kappa shape index (κ2) is 9.58. The fourth-order valence-corrected chi connectivity index (χ4v) is 5.96. The van der Waals surface area contributed by atoms with E-state index >= 15 is 0 Å². The molecule has 0 saturated carbocycles. The molecule has 0 saturated heterocycles. The van der Waals surface area contributed by atoms with Crippen LogP contribution in [-0.2, 0) is 0 Å². The molecular weight excluding hydrogens is 500 g/mol. The molecule has 0 aliphatic rings. The summed E-state index contributed by atoms with van der Waals surface area (Å²) in [6.45, 7) is 0. The Labute approximate surface area is 238 Å². The van der Waals surface area contributed by atoms with Crippen LogP contribution in [0.1, 0.15) is 0 Å². The maximum atomic E-state index is 6.74. The maximum Gasteiger partial charge on any atom is 0.161 e. The summed E-state index contributed by atoms with van der Waals surface area (Å²) in [6, 6.07) is 55.2. The number of hydrogen-bond donors (Lipinski definition) is 0. The lowest BCUT2D eigenvalue weighted by molar-refractivity contribution is 0.674. The average Bonchev–Trinajstić information content (AvgIpc) is 3.58. The Morgan fingerprint density at radius 1 is 0.439 bits per heavy atom. The number of benzene rings is 6. The summed E-state index contributed by atoms with van der Waals surface area (Å²) in [7, 11) is 0. The molecule has 0 spiro atoms. The van der Waals surface area contributed by atoms with Crippen LogP contribution >= 0.6 is 0 Å². The van der Waals surface area contributed by atoms with Gasteiger partial charge in [-0.05, 0) is 72.3 Å². The van der Waals surface area contributed by atoms with E-state index in [4.69, 9.17) is 4.42 Å². The monoisotopic (exact) mass is 526 g/mol. The smallest absolute Gasteiger partial charge is 0.161 e. The van der Waals surface area contributed by atoms with Crippen molar-refractivity contribution in [3.8, 4) is 16.8 Å². The number of hydrogen-bond acceptors (Lipinski definition) is 2. The number of para-hydroxylation sites is 5. The minimum absolute atomic E-state index is 0.906. The van der Waals surface area contributed by atoms with Crippen molar-refractivity contribution in [1.29, 1.82) is 0 Å². The molecule has 0 aliphatic carbocycles. The quantitative estimate of drug-likeness (QED) is 0.222. The summed E-state index contributed by atoms with van der Waals surface area (Å²) < 4.78 is 9.06. The predicted octanol–water partition coefficient (Wildman–Crippen LogP) is 10.7. The summed E-state index contributed by atoms with van der Waals surface area (Å²) in [5, 5.41) is 2.22. The summed E-state index contributed by atoms with van der Waals surface area (Å²) in [4.78, 5) is 2.28. The third-order valence-electron chi connectivity index (χ3n) is 7.78. The van der Waals surface area contributed by atoms with E-state index in [1.807, 2.05) is 0 Å². The van der Waals surface area contributed by atoms with E-state index < -0.39 is 0 Å². The number of anilines is 3. The lowest BCUT2D eigenvalue weighted by Gasteiger charge is -2.25. The summed E-state index contributed by atoms with van der Waals surface area (Å²) in [5.41, 5.74) is 10.7. The molecule has 0 radical (unpaired) electrons. The highest BCUT2D eigenvalue weighted by molar-refractivity contribution is 6.18. The highest BCUT2D eigenvalue weighted by Crippen LogP contribution is 2.42. The topological polar surface area (TPSA) is 21.3 Å². The summed E-state index contributed by atoms with van der Waals surface area (Å²) in [6.07, 6.45) is 0. The van der Waals surface area contributed by atoms with E-state index in [-0.39, 0.29) is 0 Å². The van der Waals surface area contributed by atoms with Gasteiger partial charge in [0.25, 0.3) is 0 Å². The lowest BCUT2D eigenvalue weighted by Crippen LogP contribution is -2.09. The normalized spacial score (nSPS) is 11.4. The fraction of sp³-hybridized carbons (Fsp3) is 0. The van der Waals surface area contributed by atoms with Crippen LogP contribution in [0.3, 0.4) is 0 Å². The molecule has 0 bridgehead atoms. The highest BCUT2D eigenvalue weighted by Gasteiger charge is 2.21. The van der Waals surface area contributed by atoms with E-state index in [1.165, 1.54) is 0 Å². The van der Waals surface area contributed by atoms with Crippen molar-refractivity contribution < 1.29 is 4.42 Å². The third-order valence-corrected chi connectivity index (χ3v) is 7.78. The number of aromatic nitrogens is 1. The fourth-order valence-electron chi connectivity index (χ4n) is 5.96. The van der Waals surface area contributed by atoms with Gasteiger partial charge >= 0.3 is 0 Å². The largest absolute Gasteiger partial charge is 0.453 e. The molecule has 0 aliphatic heterocycles. The van der Waals surface area contributed by atoms with Gasteiger partial charge < -0.3 is 13.9 Å². The van der Waals surface area contributed by atoms with Gasteiger partial charge in [0.2, 0.25) is 0 Å². The molecule has 8 aromatic rings. The number of furan rings is 1. The van der Waals surface area contributed by atoms with Crippen molar-refractivity contribution in [2.45, 2.75) is 0 Å². The van der Waals surface area contributed by atoms with Gasteiger partial charge in [-0.3, -0.25) is 0 Å². The first kappa shape index (κ1) is 23.4. The molecule has 3 nitrogen and oxygen atoms in total. The van der Waals surface area contributed by atoms with Crippen LogP contribution in [0.15, 0.2) is 162 Å². The van der Waals surface area contributed by atoms with Gasteiger partial charge in [0.05, 0.1) is 5.52 Å². The van der Waals surface area contributed by atoms with E-state index in [9.17, 15) is 0 Å². The van der Waals surface area contributed by atoms with Crippen LogP contribution in [0.25, 0.3) is 49.8 Å². The van der Waals surface area contributed by atoms with Crippen molar-refractivity contribution in [2.24, 2.45) is 0 Å². The second-order valence-electron chi connectivity index (χ2n) is 10.2. The van der Waals surface area contributed by atoms with Crippen LogP contribution in [0.4, 0.5) is 17.1 Å². The Balaban J connectivity index is 1.29. The highest BCUT2D eigenvalue weighted by atomic mass is 16.3. The molecule has 0 unspecified atom stereocenters. The third kappa shape index (κ3) is 3.82. The Bertz CT molecular complexity index is 2090. The first-order valence-electron chi connectivity index (χ1n) is 13.9. The van der Waals surface area contributed by atoms with Crippen molar-refractivity contribution in [2.75, 3.05) is 4.90 Å². The minimum atomic E-state index is 0.906. The van der Waals surface area contributed by atoms with E-state index in [1.54, 1.807) is 0 Å². The maximum absolute atomic E-state index is 6.74. The van der Waals surface area contributed by atoms with Crippen molar-refractivity contribution in [3.63, 3.8) is 0 Å². The molecule has 2 heterocycles. The number of nitrogens with zero attached hydrogens (tertiary/aromatic N) is 2. The van der Waals surface area contributed by atoms with Gasteiger partial charge in [0.1, 0.15) is 11.1 Å². The predicted molar refractivity (Wildman–Crippen MR) is 171 cm³/mol. The molecule has 0 N–H and O–H groups in total. The second-order valence-corrected chi connectivity index (χ2v) is 10.2. The van der Waals surface area contributed by atoms with Crippen LogP contribution in [0.5, 0.6) is 0 Å². The average molecular weight is 527 g/mol. The van der Waals surface area contributed by atoms with Crippen molar-refractivity contribution in [1.82, 2.24) is 4.57 Å². The molecule has 8 rings (SSSR count). The first-order chi connectivity index (χ1) is 20.4. The van der Waals surface area contributed by atoms with Crippen molar-refractivity contribution in [3.05, 3.63) is 158 Å². The van der Waals surface area contributed by atoms with Crippen molar-refractivity contribution >= 4 is 50.0 Å². The molecule has 3 heteroatoms. The number of fused-ring (bicyclic) bond motifs is 5. The Hall–Kier alpha value is -5.54. The van der Waals surface area contributed by atoms with Gasteiger partial charge in [-0.1, -0.05) is 91.0 Å². The first-order valence-corrected chi connectivity index (χ1v) is 13.9. The molecule has 194 valence electrons. The molecule has 2 aromatic heterocycles. The Kier molecular flexibility index (Phi) is 5.46. The molecule has 41 heavy (non-hydrogen) atoms. The van der Waals surface area contributed by atoms with Gasteiger partial charge in [0.15, 0.2) is 5.58 Å². The molecule has 0 atom stereocenters. The summed E-state index contributed by atoms with van der Waals surface area (Å²) in [5.74, 6) is 0. The van der Waals surface area contributed by atoms with Gasteiger partial charge in [-0.15, -0.1) is 0 Å². The van der Waals surface area contributed by atoms with Crippen LogP contribution in [0, 0.1) is 0 Å². The SMILES string of the molecule is c1ccc(N(c2ccccc2)c2ccc(-c3cccc4c3oc3c5ccccc5n(-c5ccccc5)c43)cc2)cc1. The molecular formula is C38H26N2O. The van der Waals surface area contributed by atoms with Crippen LogP contribution in [0.2, 0.25) is 0 Å². The molecule has 0 amide bonds. The zero-order chi connectivity index (χ0) is 27.2. The van der Waals surface area contributed by atoms with Crippen LogP contribution in [-0.4, -0.2) is 4.57 Å². The Morgan fingerprint density at radius 3 is 1.68 bits per heavy atom. The lowest BCUT2D eigenvalue weighted by atomic mass is 10.0. The minimum Gasteiger partial charge on any atom is -0.453 e. The zero-order valence-electron chi connectivity index (χ0n) is 22.3. The zero-order valence-corrected chi connectivity index (χ0v) is 22.3. The van der Waals surface area contributed by atoms with E-state index in [0.29, 0.717) is 0 Å². The number of rotatable bonds is 5. The van der Waals surface area contributed by atoms with E-state index in [2.05, 4.69) is 167 Å². The standard InChI is InChI=1S/C38H26N2O/c1-4-13-28(14-5-1)39(29-15-6-2-7-16-29)31-25-23-27(24-26-31)32-20-12-21-34-36-38(41-37(32)34)33-19-10-11-22-35(33)40(36)30-17-8-3-9-18-30/h1-26H. The van der Waals surface area contributed by atoms with Crippen LogP contribution < -0.4 is 4.90 Å². The van der Waals surface area contributed by atoms with E-state index in [0.717, 1.165) is 66.8 Å². The molecule has 6 aromatic carbocycles. The van der Waals surface area contributed by atoms with Gasteiger partial charge in [-0.25, -0.2) is 0 Å². The summed E-state index contributed by atoms with van der Waals surface area (Å²) >= 11 is 0.